The smallest absolute Gasteiger partial charge is 0.322 e. The second-order valence-electron chi connectivity index (χ2n) is 6.24. The first kappa shape index (κ1) is 18.3. The summed E-state index contributed by atoms with van der Waals surface area (Å²) in [5.74, 6) is -0.545. The standard InChI is InChI=1S/C18H20N6O3/c1-11-15(13(3)23(21-11)14-8-6-5-7-9-14)10-19-18(25)17-16(24(26)27)12(2)20-22(17)4/h5-9H,10H2,1-4H3,(H,19,25). The van der Waals surface area contributed by atoms with Gasteiger partial charge in [0.05, 0.1) is 16.3 Å². The van der Waals surface area contributed by atoms with Crippen LogP contribution in [-0.2, 0) is 13.6 Å². The van der Waals surface area contributed by atoms with Gasteiger partial charge in [-0.15, -0.1) is 0 Å². The molecule has 0 atom stereocenters. The van der Waals surface area contributed by atoms with E-state index in [1.807, 2.05) is 48.9 Å². The Morgan fingerprint density at radius 2 is 1.81 bits per heavy atom. The second-order valence-corrected chi connectivity index (χ2v) is 6.24. The Hall–Kier alpha value is -3.49. The van der Waals surface area contributed by atoms with Crippen molar-refractivity contribution >= 4 is 11.6 Å². The molecule has 0 spiro atoms. The van der Waals surface area contributed by atoms with E-state index < -0.39 is 10.8 Å². The average molecular weight is 368 g/mol. The van der Waals surface area contributed by atoms with Gasteiger partial charge in [0.15, 0.2) is 0 Å². The molecule has 3 rings (SSSR count). The summed E-state index contributed by atoms with van der Waals surface area (Å²) < 4.78 is 3.05. The molecule has 1 aromatic carbocycles. The molecule has 0 saturated heterocycles. The van der Waals surface area contributed by atoms with E-state index in [1.165, 1.54) is 18.7 Å². The van der Waals surface area contributed by atoms with Gasteiger partial charge in [-0.05, 0) is 32.9 Å². The molecule has 0 aliphatic rings. The Kier molecular flexibility index (Phi) is 4.76. The van der Waals surface area contributed by atoms with E-state index in [2.05, 4.69) is 15.5 Å². The number of aromatic nitrogens is 4. The number of nitro groups is 1. The summed E-state index contributed by atoms with van der Waals surface area (Å²) in [6.45, 7) is 5.51. The van der Waals surface area contributed by atoms with Crippen molar-refractivity contribution in [3.63, 3.8) is 0 Å². The number of benzene rings is 1. The number of rotatable bonds is 5. The normalized spacial score (nSPS) is 10.8. The van der Waals surface area contributed by atoms with Crippen LogP contribution in [0.3, 0.4) is 0 Å². The van der Waals surface area contributed by atoms with Gasteiger partial charge in [0.25, 0.3) is 5.91 Å². The third-order valence-corrected chi connectivity index (χ3v) is 4.46. The average Bonchev–Trinajstić information content (AvgIpc) is 3.09. The van der Waals surface area contributed by atoms with E-state index in [0.717, 1.165) is 22.6 Å². The maximum absolute atomic E-state index is 12.6. The largest absolute Gasteiger partial charge is 0.346 e. The third-order valence-electron chi connectivity index (χ3n) is 4.46. The predicted molar refractivity (Wildman–Crippen MR) is 98.8 cm³/mol. The zero-order valence-corrected chi connectivity index (χ0v) is 15.6. The summed E-state index contributed by atoms with van der Waals surface area (Å²) >= 11 is 0. The van der Waals surface area contributed by atoms with Crippen LogP contribution < -0.4 is 5.32 Å². The molecule has 3 aromatic rings. The highest BCUT2D eigenvalue weighted by Gasteiger charge is 2.29. The monoisotopic (exact) mass is 368 g/mol. The number of para-hydroxylation sites is 1. The molecule has 2 aromatic heterocycles. The van der Waals surface area contributed by atoms with Gasteiger partial charge in [0, 0.05) is 24.8 Å². The number of carbonyl (C=O) groups excluding carboxylic acids is 1. The van der Waals surface area contributed by atoms with Gasteiger partial charge in [-0.3, -0.25) is 19.6 Å². The van der Waals surface area contributed by atoms with E-state index in [9.17, 15) is 14.9 Å². The Morgan fingerprint density at radius 1 is 1.15 bits per heavy atom. The van der Waals surface area contributed by atoms with Gasteiger partial charge < -0.3 is 5.32 Å². The number of amides is 1. The minimum absolute atomic E-state index is 0.0664. The zero-order chi connectivity index (χ0) is 19.7. The molecule has 0 unspecified atom stereocenters. The van der Waals surface area contributed by atoms with Gasteiger partial charge in [0.2, 0.25) is 5.69 Å². The van der Waals surface area contributed by atoms with E-state index in [0.29, 0.717) is 0 Å². The number of hydrogen-bond donors (Lipinski definition) is 1. The van der Waals surface area contributed by atoms with Crippen LogP contribution in [0.4, 0.5) is 5.69 Å². The summed E-state index contributed by atoms with van der Waals surface area (Å²) in [6, 6.07) is 9.68. The Labute approximate surface area is 155 Å². The van der Waals surface area contributed by atoms with Crippen molar-refractivity contribution in [3.05, 3.63) is 68.8 Å². The van der Waals surface area contributed by atoms with Crippen molar-refractivity contribution in [2.24, 2.45) is 7.05 Å². The van der Waals surface area contributed by atoms with Crippen molar-refractivity contribution in [3.8, 4) is 5.69 Å². The molecule has 0 radical (unpaired) electrons. The van der Waals surface area contributed by atoms with E-state index >= 15 is 0 Å². The van der Waals surface area contributed by atoms with Crippen molar-refractivity contribution in [1.29, 1.82) is 0 Å². The van der Waals surface area contributed by atoms with Crippen molar-refractivity contribution in [2.45, 2.75) is 27.3 Å². The maximum Gasteiger partial charge on any atom is 0.322 e. The van der Waals surface area contributed by atoms with Gasteiger partial charge >= 0.3 is 5.69 Å². The van der Waals surface area contributed by atoms with E-state index in [-0.39, 0.29) is 23.6 Å². The number of hydrogen-bond acceptors (Lipinski definition) is 5. The first-order chi connectivity index (χ1) is 12.8. The first-order valence-electron chi connectivity index (χ1n) is 8.38. The van der Waals surface area contributed by atoms with Crippen molar-refractivity contribution < 1.29 is 9.72 Å². The topological polar surface area (TPSA) is 108 Å². The Balaban J connectivity index is 1.85. The molecule has 0 aliphatic heterocycles. The van der Waals surface area contributed by atoms with E-state index in [1.54, 1.807) is 0 Å². The van der Waals surface area contributed by atoms with Crippen LogP contribution in [-0.4, -0.2) is 30.4 Å². The lowest BCUT2D eigenvalue weighted by atomic mass is 10.2. The molecule has 9 heteroatoms. The van der Waals surface area contributed by atoms with Crippen LogP contribution in [0.25, 0.3) is 5.69 Å². The minimum atomic E-state index is -0.582. The minimum Gasteiger partial charge on any atom is -0.346 e. The Morgan fingerprint density at radius 3 is 2.44 bits per heavy atom. The molecule has 1 N–H and O–H groups in total. The molecular weight excluding hydrogens is 348 g/mol. The van der Waals surface area contributed by atoms with Crippen molar-refractivity contribution in [1.82, 2.24) is 24.9 Å². The molecule has 0 aliphatic carbocycles. The lowest BCUT2D eigenvalue weighted by molar-refractivity contribution is -0.385. The molecule has 27 heavy (non-hydrogen) atoms. The fourth-order valence-corrected chi connectivity index (χ4v) is 3.12. The quantitative estimate of drug-likeness (QED) is 0.549. The number of nitrogens with one attached hydrogen (secondary N) is 1. The molecule has 2 heterocycles. The van der Waals surface area contributed by atoms with Crippen LogP contribution in [0.1, 0.15) is 33.1 Å². The number of aryl methyl sites for hydroxylation is 3. The van der Waals surface area contributed by atoms with Crippen LogP contribution in [0, 0.1) is 30.9 Å². The van der Waals surface area contributed by atoms with Gasteiger partial charge in [-0.2, -0.15) is 10.2 Å². The maximum atomic E-state index is 12.6. The van der Waals surface area contributed by atoms with Gasteiger partial charge in [-0.1, -0.05) is 18.2 Å². The van der Waals surface area contributed by atoms with Crippen LogP contribution in [0.2, 0.25) is 0 Å². The summed E-state index contributed by atoms with van der Waals surface area (Å²) in [4.78, 5) is 23.3. The van der Waals surface area contributed by atoms with Crippen LogP contribution >= 0.6 is 0 Å². The number of nitrogens with zero attached hydrogens (tertiary/aromatic N) is 5. The molecule has 0 bridgehead atoms. The SMILES string of the molecule is Cc1nn(-c2ccccc2)c(C)c1CNC(=O)c1c([N+](=O)[O-])c(C)nn1C. The second kappa shape index (κ2) is 7.02. The highest BCUT2D eigenvalue weighted by Crippen LogP contribution is 2.23. The Bertz CT molecular complexity index is 1020. The summed E-state index contributed by atoms with van der Waals surface area (Å²) in [5.41, 5.74) is 3.34. The molecule has 1 amide bonds. The summed E-state index contributed by atoms with van der Waals surface area (Å²) in [5, 5.41) is 22.5. The summed E-state index contributed by atoms with van der Waals surface area (Å²) in [6.07, 6.45) is 0. The predicted octanol–water partition coefficient (Wildman–Crippen LogP) is 2.37. The highest BCUT2D eigenvalue weighted by molar-refractivity contribution is 5.96. The number of carbonyl (C=O) groups is 1. The van der Waals surface area contributed by atoms with E-state index in [4.69, 9.17) is 0 Å². The fourth-order valence-electron chi connectivity index (χ4n) is 3.12. The molecule has 9 nitrogen and oxygen atoms in total. The fraction of sp³-hybridized carbons (Fsp3) is 0.278. The van der Waals surface area contributed by atoms with Gasteiger partial charge in [0.1, 0.15) is 5.69 Å². The molecule has 0 fully saturated rings. The zero-order valence-electron chi connectivity index (χ0n) is 15.6. The molecule has 140 valence electrons. The molecule has 0 saturated carbocycles. The van der Waals surface area contributed by atoms with Crippen molar-refractivity contribution in [2.75, 3.05) is 0 Å². The van der Waals surface area contributed by atoms with Gasteiger partial charge in [-0.25, -0.2) is 4.68 Å². The molecular formula is C18H20N6O3. The first-order valence-corrected chi connectivity index (χ1v) is 8.38. The highest BCUT2D eigenvalue weighted by atomic mass is 16.6. The lowest BCUT2D eigenvalue weighted by Gasteiger charge is -2.07. The van der Waals surface area contributed by atoms with Crippen LogP contribution in [0.5, 0.6) is 0 Å². The van der Waals surface area contributed by atoms with Crippen LogP contribution in [0.15, 0.2) is 30.3 Å². The third kappa shape index (κ3) is 3.31. The summed E-state index contributed by atoms with van der Waals surface area (Å²) in [7, 11) is 1.51. The lowest BCUT2D eigenvalue weighted by Crippen LogP contribution is -2.26.